The van der Waals surface area contributed by atoms with Crippen molar-refractivity contribution >= 4 is 30.1 Å². The molecule has 1 saturated carbocycles. The van der Waals surface area contributed by atoms with Crippen molar-refractivity contribution in [2.24, 2.45) is 0 Å². The van der Waals surface area contributed by atoms with E-state index in [4.69, 9.17) is 9.47 Å². The van der Waals surface area contributed by atoms with Crippen molar-refractivity contribution in [3.63, 3.8) is 0 Å². The van der Waals surface area contributed by atoms with Gasteiger partial charge in [-0.1, -0.05) is 18.2 Å². The van der Waals surface area contributed by atoms with Crippen LogP contribution >= 0.6 is 0 Å². The van der Waals surface area contributed by atoms with E-state index in [2.05, 4.69) is 0 Å². The summed E-state index contributed by atoms with van der Waals surface area (Å²) in [5.41, 5.74) is -1.01. The lowest BCUT2D eigenvalue weighted by Crippen LogP contribution is -2.58. The summed E-state index contributed by atoms with van der Waals surface area (Å²) >= 11 is 0. The highest BCUT2D eigenvalue weighted by atomic mass is 16.6. The second kappa shape index (κ2) is 11.1. The number of carbonyl (C=O) groups is 3. The van der Waals surface area contributed by atoms with Crippen LogP contribution in [0.5, 0.6) is 17.2 Å². The van der Waals surface area contributed by atoms with Gasteiger partial charge in [0.05, 0.1) is 0 Å². The molecule has 0 spiro atoms. The zero-order chi connectivity index (χ0) is 27.3. The zero-order valence-electron chi connectivity index (χ0n) is 19.6. The number of phenols is 3. The van der Waals surface area contributed by atoms with Gasteiger partial charge in [-0.05, 0) is 54.0 Å². The molecule has 11 heteroatoms. The maximum atomic E-state index is 12.3. The van der Waals surface area contributed by atoms with Gasteiger partial charge >= 0.3 is 17.9 Å². The lowest BCUT2D eigenvalue weighted by Gasteiger charge is -2.40. The first-order chi connectivity index (χ1) is 17.4. The maximum Gasteiger partial charge on any atom is 0.335 e. The van der Waals surface area contributed by atoms with E-state index in [9.17, 15) is 45.0 Å². The summed E-state index contributed by atoms with van der Waals surface area (Å²) in [6.45, 7) is 1.70. The van der Waals surface area contributed by atoms with Crippen molar-refractivity contribution in [2.75, 3.05) is 0 Å². The molecule has 11 nitrogen and oxygen atoms in total. The Morgan fingerprint density at radius 2 is 1.32 bits per heavy atom. The van der Waals surface area contributed by atoms with Crippen LogP contribution in [0.4, 0.5) is 0 Å². The van der Waals surface area contributed by atoms with Crippen LogP contribution in [0.25, 0.3) is 12.2 Å². The van der Waals surface area contributed by atoms with E-state index >= 15 is 0 Å². The molecule has 3 rings (SSSR count). The van der Waals surface area contributed by atoms with Gasteiger partial charge in [0.25, 0.3) is 0 Å². The number of aliphatic hydroxyl groups excluding tert-OH is 1. The van der Waals surface area contributed by atoms with Gasteiger partial charge in [-0.2, -0.15) is 0 Å². The number of aliphatic hydroxyl groups is 2. The third kappa shape index (κ3) is 6.87. The number of phenolic OH excluding ortho intramolecular Hbond substituents is 3. The van der Waals surface area contributed by atoms with E-state index in [-0.39, 0.29) is 11.5 Å². The molecule has 0 saturated heterocycles. The lowest BCUT2D eigenvalue weighted by molar-refractivity contribution is -0.203. The molecule has 1 fully saturated rings. The second-order valence-corrected chi connectivity index (χ2v) is 8.65. The Bertz CT molecular complexity index is 1160. The van der Waals surface area contributed by atoms with Crippen molar-refractivity contribution in [2.45, 2.75) is 43.7 Å². The largest absolute Gasteiger partial charge is 0.508 e. The second-order valence-electron chi connectivity index (χ2n) is 8.65. The zero-order valence-corrected chi connectivity index (χ0v) is 19.6. The first-order valence-electron chi connectivity index (χ1n) is 11.1. The lowest BCUT2D eigenvalue weighted by atomic mass is 9.79. The molecule has 37 heavy (non-hydrogen) atoms. The van der Waals surface area contributed by atoms with Gasteiger partial charge in [-0.15, -0.1) is 0 Å². The van der Waals surface area contributed by atoms with Gasteiger partial charge < -0.3 is 40.1 Å². The van der Waals surface area contributed by atoms with Gasteiger partial charge in [0, 0.05) is 25.0 Å². The van der Waals surface area contributed by atoms with Gasteiger partial charge in [0.1, 0.15) is 24.1 Å². The van der Waals surface area contributed by atoms with Crippen molar-refractivity contribution in [3.05, 3.63) is 65.2 Å². The van der Waals surface area contributed by atoms with Crippen LogP contribution in [0.15, 0.2) is 48.6 Å². The Morgan fingerprint density at radius 1 is 0.838 bits per heavy atom. The van der Waals surface area contributed by atoms with Crippen LogP contribution in [0.1, 0.15) is 29.5 Å². The predicted molar refractivity (Wildman–Crippen MR) is 128 cm³/mol. The van der Waals surface area contributed by atoms with Crippen molar-refractivity contribution in [3.8, 4) is 17.2 Å². The minimum atomic E-state index is -2.45. The fourth-order valence-electron chi connectivity index (χ4n) is 3.71. The number of hydrogen-bond acceptors (Lipinski definition) is 10. The number of carboxylic acids is 1. The Balaban J connectivity index is 1.71. The van der Waals surface area contributed by atoms with Gasteiger partial charge in [0.15, 0.2) is 17.1 Å². The van der Waals surface area contributed by atoms with E-state index in [1.807, 2.05) is 0 Å². The number of hydrogen-bond donors (Lipinski definition) is 6. The predicted octanol–water partition coefficient (Wildman–Crippen LogP) is 1.63. The highest BCUT2D eigenvalue weighted by Gasteiger charge is 2.52. The third-order valence-electron chi connectivity index (χ3n) is 5.83. The fraction of sp³-hybridized carbons (Fsp3) is 0.269. The summed E-state index contributed by atoms with van der Waals surface area (Å²) in [5, 5.41) is 59.3. The Labute approximate surface area is 211 Å². The number of esters is 2. The molecule has 4 unspecified atom stereocenters. The number of aryl methyl sites for hydroxylation is 1. The van der Waals surface area contributed by atoms with Gasteiger partial charge in [-0.25, -0.2) is 14.4 Å². The van der Waals surface area contributed by atoms with Crippen LogP contribution in [-0.4, -0.2) is 72.5 Å². The van der Waals surface area contributed by atoms with Gasteiger partial charge in [0.2, 0.25) is 0 Å². The molecule has 196 valence electrons. The molecule has 0 bridgehead atoms. The molecule has 2 aromatic carbocycles. The van der Waals surface area contributed by atoms with E-state index in [0.29, 0.717) is 16.7 Å². The van der Waals surface area contributed by atoms with Crippen molar-refractivity contribution in [1.82, 2.24) is 0 Å². The molecule has 0 heterocycles. The molecule has 0 aromatic heterocycles. The Hall–Kier alpha value is -4.35. The number of benzene rings is 2. The maximum absolute atomic E-state index is 12.3. The summed E-state index contributed by atoms with van der Waals surface area (Å²) in [4.78, 5) is 36.3. The molecule has 0 aliphatic heterocycles. The van der Waals surface area contributed by atoms with Gasteiger partial charge in [-0.3, -0.25) is 0 Å². The highest BCUT2D eigenvalue weighted by molar-refractivity contribution is 5.88. The molecule has 0 amide bonds. The first-order valence-corrected chi connectivity index (χ1v) is 11.1. The van der Waals surface area contributed by atoms with Crippen LogP contribution in [0, 0.1) is 6.92 Å². The molecule has 1 aliphatic carbocycles. The number of aromatic hydroxyl groups is 3. The Kier molecular flexibility index (Phi) is 8.21. The third-order valence-corrected chi connectivity index (χ3v) is 5.83. The van der Waals surface area contributed by atoms with E-state index in [1.165, 1.54) is 36.4 Å². The van der Waals surface area contributed by atoms with E-state index in [0.717, 1.165) is 12.2 Å². The first kappa shape index (κ1) is 27.2. The van der Waals surface area contributed by atoms with Crippen LogP contribution in [-0.2, 0) is 23.9 Å². The summed E-state index contributed by atoms with van der Waals surface area (Å²) in [7, 11) is 0. The smallest absolute Gasteiger partial charge is 0.335 e. The minimum Gasteiger partial charge on any atom is -0.508 e. The standard InChI is InChI=1S/C26H26O11/c1-14-2-3-15(10-18(14)28)5-8-22(30)36-20-12-26(35,25(33)34)13-21(24(20)32)37-23(31)9-6-16-4-7-17(27)19(29)11-16/h2-11,20-21,24,27-29,32,35H,12-13H2,1H3,(H,33,34)/b8-5+,9-6+. The van der Waals surface area contributed by atoms with Crippen LogP contribution < -0.4 is 0 Å². The molecular formula is C26H26O11. The molecule has 4 atom stereocenters. The van der Waals surface area contributed by atoms with Crippen molar-refractivity contribution in [1.29, 1.82) is 0 Å². The number of rotatable bonds is 7. The highest BCUT2D eigenvalue weighted by Crippen LogP contribution is 2.33. The molecule has 6 N–H and O–H groups in total. The molecule has 1 aliphatic rings. The monoisotopic (exact) mass is 514 g/mol. The van der Waals surface area contributed by atoms with E-state index < -0.39 is 60.4 Å². The number of carboxylic acid groups (broad SMARTS) is 1. The number of ether oxygens (including phenoxy) is 2. The number of carbonyl (C=O) groups excluding carboxylic acids is 2. The van der Waals surface area contributed by atoms with Crippen LogP contribution in [0.3, 0.4) is 0 Å². The summed E-state index contributed by atoms with van der Waals surface area (Å²) in [5.74, 6) is -4.37. The topological polar surface area (TPSA) is 191 Å². The Morgan fingerprint density at radius 3 is 1.78 bits per heavy atom. The summed E-state index contributed by atoms with van der Waals surface area (Å²) in [6.07, 6.45) is -1.48. The summed E-state index contributed by atoms with van der Waals surface area (Å²) in [6, 6.07) is 8.47. The molecule has 0 radical (unpaired) electrons. The minimum absolute atomic E-state index is 0.0191. The molecule has 2 aromatic rings. The average molecular weight is 514 g/mol. The van der Waals surface area contributed by atoms with Crippen molar-refractivity contribution < 1.29 is 54.5 Å². The molecular weight excluding hydrogens is 488 g/mol. The normalized spacial score (nSPS) is 23.7. The average Bonchev–Trinajstić information content (AvgIpc) is 2.83. The van der Waals surface area contributed by atoms with Crippen LogP contribution in [0.2, 0.25) is 0 Å². The fourth-order valence-corrected chi connectivity index (χ4v) is 3.71. The van der Waals surface area contributed by atoms with E-state index in [1.54, 1.807) is 19.1 Å². The number of aliphatic carboxylic acids is 1. The quantitative estimate of drug-likeness (QED) is 0.179. The summed E-state index contributed by atoms with van der Waals surface area (Å²) < 4.78 is 10.3. The SMILES string of the molecule is Cc1ccc(/C=C/C(=O)OC2CC(O)(C(=O)O)CC(OC(=O)/C=C/c3ccc(O)c(O)c3)C2O)cc1O.